The molecule has 1 unspecified atom stereocenters. The van der Waals surface area contributed by atoms with Crippen LogP contribution >= 0.6 is 0 Å². The monoisotopic (exact) mass is 437 g/mol. The van der Waals surface area contributed by atoms with Crippen molar-refractivity contribution in [3.05, 3.63) is 0 Å². The third-order valence-electron chi connectivity index (χ3n) is 4.97. The van der Waals surface area contributed by atoms with Gasteiger partial charge >= 0.3 is 13.1 Å². The van der Waals surface area contributed by atoms with Gasteiger partial charge in [0, 0.05) is 38.6 Å². The molecule has 14 heteroatoms. The summed E-state index contributed by atoms with van der Waals surface area (Å²) in [6, 6.07) is -1.42. The summed E-state index contributed by atoms with van der Waals surface area (Å²) in [5.41, 5.74) is 9.35. The van der Waals surface area contributed by atoms with Gasteiger partial charge in [0.1, 0.15) is 0 Å². The average molecular weight is 437 g/mol. The zero-order chi connectivity index (χ0) is 22.6. The van der Waals surface area contributed by atoms with Crippen LogP contribution in [0.4, 0.5) is 0 Å². The molecule has 0 saturated carbocycles. The zero-order valence-corrected chi connectivity index (χ0v) is 17.8. The van der Waals surface area contributed by atoms with Crippen molar-refractivity contribution in [3.8, 4) is 0 Å². The molecular weight excluding hydrogens is 405 g/mol. The van der Waals surface area contributed by atoms with E-state index in [1.54, 1.807) is 6.92 Å². The van der Waals surface area contributed by atoms with Crippen molar-refractivity contribution in [2.45, 2.75) is 50.6 Å². The first-order chi connectivity index (χ1) is 13.2. The molecule has 0 aromatic rings. The van der Waals surface area contributed by atoms with Gasteiger partial charge in [-0.05, 0) is 26.6 Å². The van der Waals surface area contributed by atoms with Gasteiger partial charge in [-0.25, -0.2) is 4.79 Å². The van der Waals surface area contributed by atoms with Crippen molar-refractivity contribution >= 4 is 29.2 Å². The molecule has 0 aliphatic carbocycles. The van der Waals surface area contributed by atoms with Gasteiger partial charge in [0.15, 0.2) is 5.54 Å². The molecule has 1 rings (SSSR count). The molecule has 1 aliphatic rings. The Morgan fingerprint density at radius 1 is 1.34 bits per heavy atom. The normalized spacial score (nSPS) is 25.0. The fourth-order valence-electron chi connectivity index (χ4n) is 3.40. The van der Waals surface area contributed by atoms with Crippen LogP contribution in [0.2, 0.25) is 6.32 Å². The number of hydrogen-bond donors (Lipinski definition) is 6. The molecule has 0 spiro atoms. The fourth-order valence-corrected chi connectivity index (χ4v) is 4.95. The van der Waals surface area contributed by atoms with E-state index in [1.807, 2.05) is 0 Å². The number of nitrogens with zero attached hydrogens (tertiary/aromatic N) is 2. The standard InChI is InChI=1S/C15H32BN5O7S/c1-10(17)7-20(3)29(27,28)21-8-12(5-4-6-16(25)26)15(9-21,14(23)24)19-13(22)11(2)18/h10-12,25-26H,4-9,17-18H2,1-3H3,(H,19,22)(H,23,24)/t10?,11-,12-,15-/m0/s1. The van der Waals surface area contributed by atoms with Crippen molar-refractivity contribution < 1.29 is 33.2 Å². The molecule has 4 atom stereocenters. The van der Waals surface area contributed by atoms with E-state index in [0.29, 0.717) is 0 Å². The number of carbonyl (C=O) groups excluding carboxylic acids is 1. The number of hydrogen-bond acceptors (Lipinski definition) is 8. The maximum atomic E-state index is 12.9. The number of likely N-dealkylation sites (N-methyl/N-ethyl adjacent to an activating group) is 1. The van der Waals surface area contributed by atoms with Gasteiger partial charge in [0.2, 0.25) is 5.91 Å². The van der Waals surface area contributed by atoms with Gasteiger partial charge in [-0.3, -0.25) is 4.79 Å². The van der Waals surface area contributed by atoms with Crippen LogP contribution in [-0.4, -0.2) is 95.5 Å². The van der Waals surface area contributed by atoms with Crippen LogP contribution < -0.4 is 16.8 Å². The Morgan fingerprint density at radius 3 is 2.38 bits per heavy atom. The Bertz CT molecular complexity index is 691. The first-order valence-corrected chi connectivity index (χ1v) is 10.8. The molecule has 12 nitrogen and oxygen atoms in total. The number of carbonyl (C=O) groups is 2. The van der Waals surface area contributed by atoms with Gasteiger partial charge in [0.05, 0.1) is 6.04 Å². The molecule has 1 aliphatic heterocycles. The Kier molecular flexibility index (Phi) is 9.01. The number of nitrogens with one attached hydrogen (secondary N) is 1. The lowest BCUT2D eigenvalue weighted by Gasteiger charge is -2.32. The quantitative estimate of drug-likeness (QED) is 0.182. The highest BCUT2D eigenvalue weighted by molar-refractivity contribution is 7.86. The molecule has 1 fully saturated rings. The van der Waals surface area contributed by atoms with Crippen LogP contribution in [0.25, 0.3) is 0 Å². The molecule has 0 aromatic heterocycles. The highest BCUT2D eigenvalue weighted by Gasteiger charge is 2.56. The Balaban J connectivity index is 3.23. The maximum Gasteiger partial charge on any atom is 0.451 e. The number of carboxylic acids is 1. The summed E-state index contributed by atoms with van der Waals surface area (Å²) >= 11 is 0. The maximum absolute atomic E-state index is 12.9. The molecule has 29 heavy (non-hydrogen) atoms. The molecule has 8 N–H and O–H groups in total. The second kappa shape index (κ2) is 10.2. The second-order valence-corrected chi connectivity index (χ2v) is 9.76. The third kappa shape index (κ3) is 6.34. The lowest BCUT2D eigenvalue weighted by molar-refractivity contribution is -0.149. The Hall–Kier alpha value is -1.29. The van der Waals surface area contributed by atoms with Crippen LogP contribution in [0.3, 0.4) is 0 Å². The number of amides is 1. The van der Waals surface area contributed by atoms with E-state index in [2.05, 4.69) is 5.32 Å². The average Bonchev–Trinajstić information content (AvgIpc) is 2.94. The van der Waals surface area contributed by atoms with Gasteiger partial charge in [-0.2, -0.15) is 17.0 Å². The van der Waals surface area contributed by atoms with E-state index in [-0.39, 0.29) is 32.3 Å². The predicted octanol–water partition coefficient (Wildman–Crippen LogP) is -3.02. The second-order valence-electron chi connectivity index (χ2n) is 7.72. The highest BCUT2D eigenvalue weighted by atomic mass is 32.2. The topological polar surface area (TPSA) is 200 Å². The molecule has 168 valence electrons. The summed E-state index contributed by atoms with van der Waals surface area (Å²) in [7, 11) is -4.25. The fraction of sp³-hybridized carbons (Fsp3) is 0.867. The van der Waals surface area contributed by atoms with Gasteiger partial charge in [-0.15, -0.1) is 0 Å². The minimum absolute atomic E-state index is 0.00915. The Labute approximate surface area is 171 Å². The summed E-state index contributed by atoms with van der Waals surface area (Å²) in [4.78, 5) is 24.4. The first kappa shape index (κ1) is 25.8. The van der Waals surface area contributed by atoms with E-state index in [4.69, 9.17) is 21.5 Å². The van der Waals surface area contributed by atoms with Gasteiger partial charge in [-0.1, -0.05) is 6.42 Å². The molecule has 1 saturated heterocycles. The van der Waals surface area contributed by atoms with Crippen LogP contribution in [0, 0.1) is 5.92 Å². The van der Waals surface area contributed by atoms with Crippen LogP contribution in [0.5, 0.6) is 0 Å². The summed E-state index contributed by atoms with van der Waals surface area (Å²) in [5, 5.41) is 30.5. The van der Waals surface area contributed by atoms with Gasteiger partial charge < -0.3 is 31.9 Å². The van der Waals surface area contributed by atoms with E-state index < -0.39 is 59.3 Å². The molecular formula is C15H32BN5O7S. The molecule has 1 amide bonds. The molecule has 0 bridgehead atoms. The number of rotatable bonds is 11. The van der Waals surface area contributed by atoms with E-state index in [1.165, 1.54) is 14.0 Å². The summed E-state index contributed by atoms with van der Waals surface area (Å²) < 4.78 is 27.9. The van der Waals surface area contributed by atoms with Crippen LogP contribution in [0.1, 0.15) is 26.7 Å². The molecule has 0 aromatic carbocycles. The lowest BCUT2D eigenvalue weighted by atomic mass is 9.78. The molecule has 1 heterocycles. The smallest absolute Gasteiger partial charge is 0.451 e. The molecule has 0 radical (unpaired) electrons. The summed E-state index contributed by atoms with van der Waals surface area (Å²) in [5.74, 6) is -2.89. The summed E-state index contributed by atoms with van der Waals surface area (Å²) in [6.07, 6.45) is 0.381. The van der Waals surface area contributed by atoms with E-state index >= 15 is 0 Å². The lowest BCUT2D eigenvalue weighted by Crippen LogP contribution is -2.62. The zero-order valence-electron chi connectivity index (χ0n) is 17.0. The summed E-state index contributed by atoms with van der Waals surface area (Å²) in [6.45, 7) is 2.44. The first-order valence-electron chi connectivity index (χ1n) is 9.38. The van der Waals surface area contributed by atoms with Crippen molar-refractivity contribution in [1.82, 2.24) is 13.9 Å². The predicted molar refractivity (Wildman–Crippen MR) is 107 cm³/mol. The number of nitrogens with two attached hydrogens (primary N) is 2. The van der Waals surface area contributed by atoms with E-state index in [0.717, 1.165) is 8.61 Å². The third-order valence-corrected chi connectivity index (χ3v) is 6.84. The number of aliphatic carboxylic acids is 1. The SMILES string of the molecule is CC(N)CN(C)S(=O)(=O)N1C[C@H](CCCB(O)O)[C@](NC(=O)[C@H](C)N)(C(=O)O)C1. The highest BCUT2D eigenvalue weighted by Crippen LogP contribution is 2.34. The van der Waals surface area contributed by atoms with Gasteiger partial charge in [0.25, 0.3) is 10.2 Å². The minimum Gasteiger partial charge on any atom is -0.479 e. The largest absolute Gasteiger partial charge is 0.479 e. The minimum atomic E-state index is -4.03. The van der Waals surface area contributed by atoms with Crippen molar-refractivity contribution in [1.29, 1.82) is 0 Å². The Morgan fingerprint density at radius 2 is 1.93 bits per heavy atom. The number of carboxylic acid groups (broad SMARTS) is 1. The van der Waals surface area contributed by atoms with E-state index in [9.17, 15) is 23.1 Å². The van der Waals surface area contributed by atoms with Crippen LogP contribution in [-0.2, 0) is 19.8 Å². The van der Waals surface area contributed by atoms with Crippen LogP contribution in [0.15, 0.2) is 0 Å². The van der Waals surface area contributed by atoms with Crippen molar-refractivity contribution in [2.75, 3.05) is 26.7 Å². The van der Waals surface area contributed by atoms with Crippen molar-refractivity contribution in [2.24, 2.45) is 17.4 Å². The van der Waals surface area contributed by atoms with Crippen molar-refractivity contribution in [3.63, 3.8) is 0 Å².